The fraction of sp³-hybridized carbons (Fsp3) is 0.600. The minimum atomic E-state index is 0.0445. The van der Waals surface area contributed by atoms with E-state index in [2.05, 4.69) is 28.2 Å². The SMILES string of the molecule is C[C@H]1CCCC[C@H]1NC(=O)C1CCN(C(=O)c2ccc(Br)cc2)CC1. The summed E-state index contributed by atoms with van der Waals surface area (Å²) in [5.74, 6) is 0.876. The summed E-state index contributed by atoms with van der Waals surface area (Å²) in [5.41, 5.74) is 0.710. The molecule has 0 aromatic heterocycles. The van der Waals surface area contributed by atoms with Crippen molar-refractivity contribution >= 4 is 27.7 Å². The van der Waals surface area contributed by atoms with Crippen LogP contribution >= 0.6 is 15.9 Å². The van der Waals surface area contributed by atoms with E-state index < -0.39 is 0 Å². The van der Waals surface area contributed by atoms with E-state index in [0.29, 0.717) is 30.6 Å². The van der Waals surface area contributed by atoms with Crippen molar-refractivity contribution in [2.45, 2.75) is 51.5 Å². The minimum Gasteiger partial charge on any atom is -0.353 e. The molecule has 25 heavy (non-hydrogen) atoms. The van der Waals surface area contributed by atoms with Gasteiger partial charge >= 0.3 is 0 Å². The summed E-state index contributed by atoms with van der Waals surface area (Å²) in [6.45, 7) is 3.56. The molecule has 1 aromatic rings. The van der Waals surface area contributed by atoms with Crippen LogP contribution in [0.3, 0.4) is 0 Å². The van der Waals surface area contributed by atoms with E-state index in [1.807, 2.05) is 29.2 Å². The molecule has 3 rings (SSSR count). The third-order valence-electron chi connectivity index (χ3n) is 5.68. The first kappa shape index (κ1) is 18.4. The molecule has 0 spiro atoms. The number of halogens is 1. The van der Waals surface area contributed by atoms with Crippen LogP contribution in [0, 0.1) is 11.8 Å². The van der Waals surface area contributed by atoms with Crippen LogP contribution in [0.4, 0.5) is 0 Å². The number of benzene rings is 1. The Morgan fingerprint density at radius 2 is 1.68 bits per heavy atom. The predicted octanol–water partition coefficient (Wildman–Crippen LogP) is 4.00. The molecule has 4 nitrogen and oxygen atoms in total. The van der Waals surface area contributed by atoms with Crippen LogP contribution in [0.1, 0.15) is 55.8 Å². The molecule has 0 unspecified atom stereocenters. The van der Waals surface area contributed by atoms with Gasteiger partial charge in [-0.05, 0) is 55.9 Å². The largest absolute Gasteiger partial charge is 0.353 e. The van der Waals surface area contributed by atoms with Gasteiger partial charge in [-0.25, -0.2) is 0 Å². The molecule has 1 aliphatic carbocycles. The van der Waals surface area contributed by atoms with Crippen LogP contribution in [-0.4, -0.2) is 35.8 Å². The second kappa shape index (κ2) is 8.35. The zero-order chi connectivity index (χ0) is 17.8. The maximum absolute atomic E-state index is 12.6. The smallest absolute Gasteiger partial charge is 0.253 e. The van der Waals surface area contributed by atoms with Crippen molar-refractivity contribution in [3.05, 3.63) is 34.3 Å². The molecule has 2 aliphatic rings. The van der Waals surface area contributed by atoms with Gasteiger partial charge in [0.2, 0.25) is 5.91 Å². The van der Waals surface area contributed by atoms with Gasteiger partial charge in [0, 0.05) is 35.1 Å². The van der Waals surface area contributed by atoms with Gasteiger partial charge in [0.1, 0.15) is 0 Å². The van der Waals surface area contributed by atoms with Crippen molar-refractivity contribution in [3.63, 3.8) is 0 Å². The van der Waals surface area contributed by atoms with E-state index in [9.17, 15) is 9.59 Å². The predicted molar refractivity (Wildman–Crippen MR) is 102 cm³/mol. The van der Waals surface area contributed by atoms with Crippen molar-refractivity contribution in [2.24, 2.45) is 11.8 Å². The number of rotatable bonds is 3. The second-order valence-electron chi connectivity index (χ2n) is 7.45. The molecule has 5 heteroatoms. The first-order chi connectivity index (χ1) is 12.0. The van der Waals surface area contributed by atoms with Crippen LogP contribution in [0.5, 0.6) is 0 Å². The third kappa shape index (κ3) is 4.63. The summed E-state index contributed by atoms with van der Waals surface area (Å²) < 4.78 is 0.969. The van der Waals surface area contributed by atoms with Gasteiger partial charge in [0.25, 0.3) is 5.91 Å². The molecule has 0 bridgehead atoms. The Morgan fingerprint density at radius 1 is 1.04 bits per heavy atom. The zero-order valence-corrected chi connectivity index (χ0v) is 16.4. The molecule has 1 aromatic carbocycles. The van der Waals surface area contributed by atoms with Crippen molar-refractivity contribution in [1.29, 1.82) is 0 Å². The molecular formula is C20H27BrN2O2. The highest BCUT2D eigenvalue weighted by atomic mass is 79.9. The maximum atomic E-state index is 12.6. The number of hydrogen-bond donors (Lipinski definition) is 1. The van der Waals surface area contributed by atoms with Crippen molar-refractivity contribution in [1.82, 2.24) is 10.2 Å². The number of nitrogens with one attached hydrogen (secondary N) is 1. The average molecular weight is 407 g/mol. The molecule has 2 amide bonds. The fourth-order valence-electron chi connectivity index (χ4n) is 3.95. The van der Waals surface area contributed by atoms with Crippen LogP contribution in [-0.2, 0) is 4.79 Å². The van der Waals surface area contributed by atoms with Gasteiger partial charge in [-0.15, -0.1) is 0 Å². The first-order valence-electron chi connectivity index (χ1n) is 9.40. The lowest BCUT2D eigenvalue weighted by Gasteiger charge is -2.34. The molecule has 2 fully saturated rings. The summed E-state index contributed by atoms with van der Waals surface area (Å²) in [5, 5.41) is 3.27. The van der Waals surface area contributed by atoms with E-state index in [-0.39, 0.29) is 17.7 Å². The first-order valence-corrected chi connectivity index (χ1v) is 10.2. The van der Waals surface area contributed by atoms with Crippen LogP contribution in [0.2, 0.25) is 0 Å². The quantitative estimate of drug-likeness (QED) is 0.824. The lowest BCUT2D eigenvalue weighted by Crippen LogP contribution is -2.47. The van der Waals surface area contributed by atoms with E-state index >= 15 is 0 Å². The fourth-order valence-corrected chi connectivity index (χ4v) is 4.22. The van der Waals surface area contributed by atoms with E-state index in [1.165, 1.54) is 19.3 Å². The van der Waals surface area contributed by atoms with Crippen molar-refractivity contribution in [2.75, 3.05) is 13.1 Å². The summed E-state index contributed by atoms with van der Waals surface area (Å²) in [4.78, 5) is 27.0. The number of nitrogens with zero attached hydrogens (tertiary/aromatic N) is 1. The van der Waals surface area contributed by atoms with Crippen molar-refractivity contribution < 1.29 is 9.59 Å². The molecule has 136 valence electrons. The number of carbonyl (C=O) groups excluding carboxylic acids is 2. The van der Waals surface area contributed by atoms with E-state index in [1.54, 1.807) is 0 Å². The molecule has 1 saturated carbocycles. The van der Waals surface area contributed by atoms with Crippen LogP contribution < -0.4 is 5.32 Å². The normalized spacial score (nSPS) is 24.8. The summed E-state index contributed by atoms with van der Waals surface area (Å²) in [6.07, 6.45) is 6.34. The molecule has 2 atom stereocenters. The molecule has 1 N–H and O–H groups in total. The van der Waals surface area contributed by atoms with E-state index in [0.717, 1.165) is 23.7 Å². The third-order valence-corrected chi connectivity index (χ3v) is 6.21. The zero-order valence-electron chi connectivity index (χ0n) is 14.8. The number of amides is 2. The summed E-state index contributed by atoms with van der Waals surface area (Å²) >= 11 is 3.39. The van der Waals surface area contributed by atoms with Crippen molar-refractivity contribution in [3.8, 4) is 0 Å². The van der Waals surface area contributed by atoms with Gasteiger partial charge in [-0.2, -0.15) is 0 Å². The Hall–Kier alpha value is -1.36. The minimum absolute atomic E-state index is 0.0445. The van der Waals surface area contributed by atoms with Crippen LogP contribution in [0.25, 0.3) is 0 Å². The van der Waals surface area contributed by atoms with Gasteiger partial charge in [-0.1, -0.05) is 35.7 Å². The summed E-state index contributed by atoms with van der Waals surface area (Å²) in [7, 11) is 0. The van der Waals surface area contributed by atoms with Crippen LogP contribution in [0.15, 0.2) is 28.7 Å². The topological polar surface area (TPSA) is 49.4 Å². The highest BCUT2D eigenvalue weighted by molar-refractivity contribution is 9.10. The van der Waals surface area contributed by atoms with Gasteiger partial charge in [0.15, 0.2) is 0 Å². The molecular weight excluding hydrogens is 380 g/mol. The highest BCUT2D eigenvalue weighted by Crippen LogP contribution is 2.25. The monoisotopic (exact) mass is 406 g/mol. The molecule has 0 radical (unpaired) electrons. The molecule has 1 heterocycles. The number of hydrogen-bond acceptors (Lipinski definition) is 2. The standard InChI is InChI=1S/C20H27BrN2O2/c1-14-4-2-3-5-18(14)22-19(24)15-10-12-23(13-11-15)20(25)16-6-8-17(21)9-7-16/h6-9,14-15,18H,2-5,10-13H2,1H3,(H,22,24)/t14-,18+/m0/s1. The Balaban J connectivity index is 1.50. The second-order valence-corrected chi connectivity index (χ2v) is 8.37. The maximum Gasteiger partial charge on any atom is 0.253 e. The Labute approximate surface area is 158 Å². The average Bonchev–Trinajstić information content (AvgIpc) is 2.64. The van der Waals surface area contributed by atoms with Gasteiger partial charge in [-0.3, -0.25) is 9.59 Å². The summed E-state index contributed by atoms with van der Waals surface area (Å²) in [6, 6.07) is 7.80. The molecule has 1 saturated heterocycles. The Kier molecular flexibility index (Phi) is 6.15. The lowest BCUT2D eigenvalue weighted by molar-refractivity contribution is -0.127. The van der Waals surface area contributed by atoms with Gasteiger partial charge < -0.3 is 10.2 Å². The number of likely N-dealkylation sites (tertiary alicyclic amines) is 1. The highest BCUT2D eigenvalue weighted by Gasteiger charge is 2.30. The van der Waals surface area contributed by atoms with Gasteiger partial charge in [0.05, 0.1) is 0 Å². The number of piperidine rings is 1. The lowest BCUT2D eigenvalue weighted by atomic mass is 9.85. The number of carbonyl (C=O) groups is 2. The van der Waals surface area contributed by atoms with E-state index in [4.69, 9.17) is 0 Å². The molecule has 1 aliphatic heterocycles. The Bertz CT molecular complexity index is 609. The Morgan fingerprint density at radius 3 is 2.32 bits per heavy atom.